The zero-order valence-electron chi connectivity index (χ0n) is 9.97. The van der Waals surface area contributed by atoms with Crippen LogP contribution in [0.25, 0.3) is 0 Å². The molecule has 1 aliphatic carbocycles. The summed E-state index contributed by atoms with van der Waals surface area (Å²) in [7, 11) is 0. The lowest BCUT2D eigenvalue weighted by molar-refractivity contribution is 0.499. The SMILES string of the molecule is CC(C)(CN)c1nc(=O)[nH]c2c1CCCC2. The molecular weight excluding hydrogens is 202 g/mol. The zero-order valence-corrected chi connectivity index (χ0v) is 9.97. The first-order valence-corrected chi connectivity index (χ1v) is 5.87. The van der Waals surface area contributed by atoms with E-state index < -0.39 is 0 Å². The van der Waals surface area contributed by atoms with E-state index >= 15 is 0 Å². The summed E-state index contributed by atoms with van der Waals surface area (Å²) in [6.07, 6.45) is 4.29. The molecule has 1 aromatic rings. The molecule has 1 aromatic heterocycles. The molecule has 0 spiro atoms. The van der Waals surface area contributed by atoms with E-state index in [4.69, 9.17) is 5.73 Å². The molecule has 0 amide bonds. The number of nitrogens with zero attached hydrogens (tertiary/aromatic N) is 1. The van der Waals surface area contributed by atoms with Crippen LogP contribution in [0.5, 0.6) is 0 Å². The van der Waals surface area contributed by atoms with Crippen LogP contribution in [0.1, 0.15) is 43.6 Å². The maximum absolute atomic E-state index is 11.5. The third-order valence-corrected chi connectivity index (χ3v) is 3.38. The van der Waals surface area contributed by atoms with Gasteiger partial charge < -0.3 is 10.7 Å². The second kappa shape index (κ2) is 4.01. The highest BCUT2D eigenvalue weighted by atomic mass is 16.1. The second-order valence-corrected chi connectivity index (χ2v) is 5.14. The molecule has 1 aliphatic rings. The maximum Gasteiger partial charge on any atom is 0.345 e. The van der Waals surface area contributed by atoms with Gasteiger partial charge in [-0.25, -0.2) is 4.79 Å². The Balaban J connectivity index is 2.60. The Hall–Kier alpha value is -1.16. The van der Waals surface area contributed by atoms with Gasteiger partial charge in [-0.05, 0) is 31.2 Å². The summed E-state index contributed by atoms with van der Waals surface area (Å²) in [5.74, 6) is 0. The zero-order chi connectivity index (χ0) is 11.8. The molecule has 0 aliphatic heterocycles. The van der Waals surface area contributed by atoms with Crippen molar-refractivity contribution in [2.45, 2.75) is 44.9 Å². The Bertz CT molecular complexity index is 448. The average molecular weight is 221 g/mol. The van der Waals surface area contributed by atoms with Gasteiger partial charge in [-0.2, -0.15) is 4.98 Å². The van der Waals surface area contributed by atoms with Gasteiger partial charge in [-0.1, -0.05) is 13.8 Å². The first kappa shape index (κ1) is 11.3. The molecule has 88 valence electrons. The van der Waals surface area contributed by atoms with E-state index in [0.29, 0.717) is 6.54 Å². The van der Waals surface area contributed by atoms with Crippen LogP contribution in [0, 0.1) is 0 Å². The third kappa shape index (κ3) is 1.89. The quantitative estimate of drug-likeness (QED) is 0.779. The average Bonchev–Trinajstić information content (AvgIpc) is 2.28. The predicted molar refractivity (Wildman–Crippen MR) is 63.6 cm³/mol. The summed E-state index contributed by atoms with van der Waals surface area (Å²) in [6.45, 7) is 4.60. The van der Waals surface area contributed by atoms with Crippen LogP contribution in [0.2, 0.25) is 0 Å². The molecule has 0 saturated carbocycles. The Morgan fingerprint density at radius 3 is 2.75 bits per heavy atom. The Morgan fingerprint density at radius 2 is 2.06 bits per heavy atom. The molecule has 0 saturated heterocycles. The van der Waals surface area contributed by atoms with Crippen LogP contribution in [0.15, 0.2) is 4.79 Å². The van der Waals surface area contributed by atoms with E-state index in [1.165, 1.54) is 12.0 Å². The highest BCUT2D eigenvalue weighted by Gasteiger charge is 2.27. The summed E-state index contributed by atoms with van der Waals surface area (Å²) < 4.78 is 0. The monoisotopic (exact) mass is 221 g/mol. The van der Waals surface area contributed by atoms with Crippen LogP contribution in [-0.4, -0.2) is 16.5 Å². The second-order valence-electron chi connectivity index (χ2n) is 5.14. The van der Waals surface area contributed by atoms with Gasteiger partial charge in [0.05, 0.1) is 5.69 Å². The molecule has 16 heavy (non-hydrogen) atoms. The number of H-pyrrole nitrogens is 1. The van der Waals surface area contributed by atoms with Gasteiger partial charge in [-0.15, -0.1) is 0 Å². The molecule has 0 aromatic carbocycles. The normalized spacial score (nSPS) is 15.9. The number of hydrogen-bond donors (Lipinski definition) is 2. The molecule has 2 rings (SSSR count). The number of aromatic amines is 1. The van der Waals surface area contributed by atoms with Crippen molar-refractivity contribution in [1.29, 1.82) is 0 Å². The van der Waals surface area contributed by atoms with Crippen molar-refractivity contribution < 1.29 is 0 Å². The van der Waals surface area contributed by atoms with Gasteiger partial charge in [-0.3, -0.25) is 0 Å². The van der Waals surface area contributed by atoms with Crippen molar-refractivity contribution in [2.75, 3.05) is 6.54 Å². The van der Waals surface area contributed by atoms with Gasteiger partial charge >= 0.3 is 5.69 Å². The molecule has 0 unspecified atom stereocenters. The lowest BCUT2D eigenvalue weighted by atomic mass is 9.82. The van der Waals surface area contributed by atoms with Crippen LogP contribution in [-0.2, 0) is 18.3 Å². The fraction of sp³-hybridized carbons (Fsp3) is 0.667. The lowest BCUT2D eigenvalue weighted by Gasteiger charge is -2.27. The summed E-state index contributed by atoms with van der Waals surface area (Å²) in [5, 5.41) is 0. The molecule has 0 atom stereocenters. The van der Waals surface area contributed by atoms with E-state index in [1.807, 2.05) is 13.8 Å². The molecule has 0 fully saturated rings. The van der Waals surface area contributed by atoms with Gasteiger partial charge in [0.25, 0.3) is 0 Å². The highest BCUT2D eigenvalue weighted by Crippen LogP contribution is 2.28. The number of aromatic nitrogens is 2. The smallest absolute Gasteiger partial charge is 0.330 e. The molecular formula is C12H19N3O. The first-order chi connectivity index (χ1) is 7.54. The van der Waals surface area contributed by atoms with Crippen molar-refractivity contribution in [3.05, 3.63) is 27.4 Å². The standard InChI is InChI=1S/C12H19N3O/c1-12(2,7-13)10-8-5-3-4-6-9(8)14-11(16)15-10/h3-7,13H2,1-2H3,(H,14,15,16). The summed E-state index contributed by atoms with van der Waals surface area (Å²) in [4.78, 5) is 18.5. The number of fused-ring (bicyclic) bond motifs is 1. The van der Waals surface area contributed by atoms with Gasteiger partial charge in [0.1, 0.15) is 0 Å². The van der Waals surface area contributed by atoms with Gasteiger partial charge in [0.2, 0.25) is 0 Å². The molecule has 0 bridgehead atoms. The first-order valence-electron chi connectivity index (χ1n) is 5.87. The van der Waals surface area contributed by atoms with Crippen molar-refractivity contribution in [3.8, 4) is 0 Å². The molecule has 4 heteroatoms. The van der Waals surface area contributed by atoms with E-state index in [1.54, 1.807) is 0 Å². The minimum Gasteiger partial charge on any atom is -0.330 e. The predicted octanol–water partition coefficient (Wildman–Crippen LogP) is 0.885. The molecule has 0 radical (unpaired) electrons. The van der Waals surface area contributed by atoms with Gasteiger partial charge in [0.15, 0.2) is 0 Å². The molecule has 1 heterocycles. The third-order valence-electron chi connectivity index (χ3n) is 3.38. The summed E-state index contributed by atoms with van der Waals surface area (Å²) >= 11 is 0. The topological polar surface area (TPSA) is 71.8 Å². The van der Waals surface area contributed by atoms with E-state index in [9.17, 15) is 4.79 Å². The fourth-order valence-electron chi connectivity index (χ4n) is 2.29. The van der Waals surface area contributed by atoms with Crippen molar-refractivity contribution >= 4 is 0 Å². The van der Waals surface area contributed by atoms with Crippen LogP contribution in [0.4, 0.5) is 0 Å². The largest absolute Gasteiger partial charge is 0.345 e. The number of nitrogens with two attached hydrogens (primary N) is 1. The lowest BCUT2D eigenvalue weighted by Crippen LogP contribution is -2.35. The van der Waals surface area contributed by atoms with E-state index in [-0.39, 0.29) is 11.1 Å². The minimum atomic E-state index is -0.239. The van der Waals surface area contributed by atoms with Crippen LogP contribution in [0.3, 0.4) is 0 Å². The number of nitrogens with one attached hydrogen (secondary N) is 1. The Kier molecular flexibility index (Phi) is 2.84. The summed E-state index contributed by atoms with van der Waals surface area (Å²) in [6, 6.07) is 0. The number of aryl methyl sites for hydroxylation is 1. The fourth-order valence-corrected chi connectivity index (χ4v) is 2.29. The van der Waals surface area contributed by atoms with Crippen molar-refractivity contribution in [1.82, 2.24) is 9.97 Å². The highest BCUT2D eigenvalue weighted by molar-refractivity contribution is 5.32. The van der Waals surface area contributed by atoms with Crippen LogP contribution < -0.4 is 11.4 Å². The van der Waals surface area contributed by atoms with Gasteiger partial charge in [0, 0.05) is 17.7 Å². The Morgan fingerprint density at radius 1 is 1.38 bits per heavy atom. The number of hydrogen-bond acceptors (Lipinski definition) is 3. The number of rotatable bonds is 2. The summed E-state index contributed by atoms with van der Waals surface area (Å²) in [5.41, 5.74) is 8.51. The molecule has 4 nitrogen and oxygen atoms in total. The van der Waals surface area contributed by atoms with E-state index in [0.717, 1.165) is 30.7 Å². The molecule has 3 N–H and O–H groups in total. The Labute approximate surface area is 95.3 Å². The van der Waals surface area contributed by atoms with Crippen molar-refractivity contribution in [2.24, 2.45) is 5.73 Å². The maximum atomic E-state index is 11.5. The minimum absolute atomic E-state index is 0.213. The van der Waals surface area contributed by atoms with Crippen LogP contribution >= 0.6 is 0 Å². The van der Waals surface area contributed by atoms with E-state index in [2.05, 4.69) is 9.97 Å². The van der Waals surface area contributed by atoms with Crippen molar-refractivity contribution in [3.63, 3.8) is 0 Å².